The van der Waals surface area contributed by atoms with Crippen LogP contribution in [0.25, 0.3) is 10.8 Å². The molecule has 138 valence electrons. The molecule has 0 spiro atoms. The fourth-order valence-electron chi connectivity index (χ4n) is 3.52. The number of hydrogen-bond donors (Lipinski definition) is 3. The van der Waals surface area contributed by atoms with Gasteiger partial charge in [0.15, 0.2) is 17.3 Å². The number of aromatic nitrogens is 2. The normalized spacial score (nSPS) is 23.4. The third-order valence-corrected chi connectivity index (χ3v) is 4.93. The van der Waals surface area contributed by atoms with Gasteiger partial charge in [-0.1, -0.05) is 24.3 Å². The third-order valence-electron chi connectivity index (χ3n) is 4.93. The van der Waals surface area contributed by atoms with E-state index in [1.165, 1.54) is 10.8 Å². The minimum Gasteiger partial charge on any atom is -0.450 e. The Hall–Kier alpha value is -2.94. The molecule has 0 radical (unpaired) electrons. The molecule has 27 heavy (non-hydrogen) atoms. The highest BCUT2D eigenvalue weighted by molar-refractivity contribution is 5.90. The molecular formula is C19H17N3O5. The summed E-state index contributed by atoms with van der Waals surface area (Å²) in [6.07, 6.45) is -0.546. The molecular weight excluding hydrogens is 350 g/mol. The van der Waals surface area contributed by atoms with Gasteiger partial charge >= 0.3 is 5.69 Å². The summed E-state index contributed by atoms with van der Waals surface area (Å²) in [6, 6.07) is 11.8. The monoisotopic (exact) mass is 367 g/mol. The fraction of sp³-hybridized carbons (Fsp3) is 0.263. The molecule has 3 N–H and O–H groups in total. The Labute approximate surface area is 153 Å². The van der Waals surface area contributed by atoms with E-state index >= 15 is 0 Å². The molecule has 1 aromatic heterocycles. The topological polar surface area (TPSA) is 106 Å². The SMILES string of the molecule is O=c1nc2c(cn1C1CC(O)C(CO)O1)Oc1cc3ccccc3cc1N2. The summed E-state index contributed by atoms with van der Waals surface area (Å²) in [7, 11) is 0. The summed E-state index contributed by atoms with van der Waals surface area (Å²) in [5.41, 5.74) is 0.212. The van der Waals surface area contributed by atoms with E-state index in [1.54, 1.807) is 0 Å². The zero-order valence-corrected chi connectivity index (χ0v) is 14.2. The molecule has 3 atom stereocenters. The number of aliphatic hydroxyl groups is 2. The van der Waals surface area contributed by atoms with Gasteiger partial charge in [-0.25, -0.2) is 4.79 Å². The predicted molar refractivity (Wildman–Crippen MR) is 97.4 cm³/mol. The number of fused-ring (bicyclic) bond motifs is 3. The van der Waals surface area contributed by atoms with Gasteiger partial charge in [0.25, 0.3) is 0 Å². The highest BCUT2D eigenvalue weighted by atomic mass is 16.5. The standard InChI is InChI=1S/C19H17N3O5/c23-9-16-13(24)7-17(27-16)22-8-15-18(21-19(22)25)20-12-5-10-3-1-2-4-11(10)6-14(12)26-15/h1-6,8,13,16-17,23-24H,7,9H2,(H,20,21,25). The molecule has 2 aromatic carbocycles. The van der Waals surface area contributed by atoms with Crippen LogP contribution in [0.15, 0.2) is 47.4 Å². The number of hydrogen-bond acceptors (Lipinski definition) is 7. The summed E-state index contributed by atoms with van der Waals surface area (Å²) in [4.78, 5) is 16.5. The van der Waals surface area contributed by atoms with Gasteiger partial charge in [0.2, 0.25) is 0 Å². The Balaban J connectivity index is 1.52. The van der Waals surface area contributed by atoms with Gasteiger partial charge in [0.1, 0.15) is 12.3 Å². The number of benzene rings is 2. The van der Waals surface area contributed by atoms with Crippen molar-refractivity contribution in [3.8, 4) is 11.5 Å². The summed E-state index contributed by atoms with van der Waals surface area (Å²) in [5, 5.41) is 24.4. The van der Waals surface area contributed by atoms with Crippen LogP contribution in [0.5, 0.6) is 11.5 Å². The first-order valence-electron chi connectivity index (χ1n) is 8.67. The molecule has 0 bridgehead atoms. The molecule has 3 heterocycles. The largest absolute Gasteiger partial charge is 0.450 e. The highest BCUT2D eigenvalue weighted by Gasteiger charge is 2.35. The summed E-state index contributed by atoms with van der Waals surface area (Å²) in [5.74, 6) is 1.35. The molecule has 1 fully saturated rings. The number of nitrogens with one attached hydrogen (secondary N) is 1. The van der Waals surface area contributed by atoms with E-state index in [2.05, 4.69) is 10.3 Å². The first-order chi connectivity index (χ1) is 13.1. The highest BCUT2D eigenvalue weighted by Crippen LogP contribution is 2.42. The van der Waals surface area contributed by atoms with Crippen LogP contribution in [0.1, 0.15) is 12.6 Å². The second-order valence-corrected chi connectivity index (χ2v) is 6.68. The maximum absolute atomic E-state index is 12.4. The Morgan fingerprint density at radius 3 is 2.74 bits per heavy atom. The van der Waals surface area contributed by atoms with Crippen LogP contribution in [0.2, 0.25) is 0 Å². The van der Waals surface area contributed by atoms with Gasteiger partial charge in [-0.3, -0.25) is 4.57 Å². The lowest BCUT2D eigenvalue weighted by atomic mass is 10.1. The van der Waals surface area contributed by atoms with Crippen molar-refractivity contribution in [3.63, 3.8) is 0 Å². The molecule has 0 saturated carbocycles. The lowest BCUT2D eigenvalue weighted by Crippen LogP contribution is -2.28. The molecule has 2 aliphatic heterocycles. The van der Waals surface area contributed by atoms with Crippen LogP contribution >= 0.6 is 0 Å². The van der Waals surface area contributed by atoms with E-state index in [9.17, 15) is 15.0 Å². The molecule has 8 heteroatoms. The Kier molecular flexibility index (Phi) is 3.64. The van der Waals surface area contributed by atoms with Crippen LogP contribution in [-0.4, -0.2) is 38.6 Å². The van der Waals surface area contributed by atoms with Gasteiger partial charge in [-0.05, 0) is 22.9 Å². The Morgan fingerprint density at radius 2 is 2.00 bits per heavy atom. The van der Waals surface area contributed by atoms with E-state index < -0.39 is 24.1 Å². The van der Waals surface area contributed by atoms with Crippen LogP contribution in [0, 0.1) is 0 Å². The van der Waals surface area contributed by atoms with E-state index in [1.807, 2.05) is 36.4 Å². The lowest BCUT2D eigenvalue weighted by Gasteiger charge is -2.23. The predicted octanol–water partition coefficient (Wildman–Crippen LogP) is 1.89. The van der Waals surface area contributed by atoms with Crippen LogP contribution in [0.3, 0.4) is 0 Å². The average Bonchev–Trinajstić information content (AvgIpc) is 3.05. The van der Waals surface area contributed by atoms with Gasteiger partial charge in [-0.2, -0.15) is 4.98 Å². The molecule has 0 aliphatic carbocycles. The van der Waals surface area contributed by atoms with Crippen molar-refractivity contribution in [2.45, 2.75) is 24.9 Å². The quantitative estimate of drug-likeness (QED) is 0.497. The molecule has 8 nitrogen and oxygen atoms in total. The summed E-state index contributed by atoms with van der Waals surface area (Å²) >= 11 is 0. The van der Waals surface area contributed by atoms with Gasteiger partial charge in [0, 0.05) is 6.42 Å². The van der Waals surface area contributed by atoms with Crippen LogP contribution in [0.4, 0.5) is 11.5 Å². The zero-order valence-electron chi connectivity index (χ0n) is 14.2. The minimum absolute atomic E-state index is 0.195. The zero-order chi connectivity index (χ0) is 18.5. The van der Waals surface area contributed by atoms with Crippen molar-refractivity contribution in [1.29, 1.82) is 0 Å². The molecule has 2 aliphatic rings. The second kappa shape index (κ2) is 6.05. The van der Waals surface area contributed by atoms with E-state index in [4.69, 9.17) is 9.47 Å². The van der Waals surface area contributed by atoms with Gasteiger partial charge in [0.05, 0.1) is 24.6 Å². The summed E-state index contributed by atoms with van der Waals surface area (Å²) < 4.78 is 12.8. The van der Waals surface area contributed by atoms with Crippen molar-refractivity contribution in [3.05, 3.63) is 53.1 Å². The second-order valence-electron chi connectivity index (χ2n) is 6.68. The first kappa shape index (κ1) is 16.2. The Bertz CT molecular complexity index is 1100. The van der Waals surface area contributed by atoms with Crippen molar-refractivity contribution in [2.75, 3.05) is 11.9 Å². The number of anilines is 2. The number of rotatable bonds is 2. The molecule has 0 amide bonds. The average molecular weight is 367 g/mol. The smallest absolute Gasteiger partial charge is 0.351 e. The third kappa shape index (κ3) is 2.66. The van der Waals surface area contributed by atoms with E-state index in [0.717, 1.165) is 16.5 Å². The maximum Gasteiger partial charge on any atom is 0.351 e. The minimum atomic E-state index is -0.839. The molecule has 5 rings (SSSR count). The van der Waals surface area contributed by atoms with E-state index in [-0.39, 0.29) is 13.0 Å². The van der Waals surface area contributed by atoms with Gasteiger partial charge < -0.3 is 25.0 Å². The number of ether oxygens (including phenoxy) is 2. The maximum atomic E-state index is 12.4. The number of nitrogens with zero attached hydrogens (tertiary/aromatic N) is 2. The van der Waals surface area contributed by atoms with Crippen molar-refractivity contribution in [1.82, 2.24) is 9.55 Å². The number of aliphatic hydroxyl groups excluding tert-OH is 2. The van der Waals surface area contributed by atoms with E-state index in [0.29, 0.717) is 17.3 Å². The first-order valence-corrected chi connectivity index (χ1v) is 8.67. The Morgan fingerprint density at radius 1 is 1.22 bits per heavy atom. The molecule has 1 saturated heterocycles. The fourth-order valence-corrected chi connectivity index (χ4v) is 3.52. The van der Waals surface area contributed by atoms with Crippen LogP contribution in [-0.2, 0) is 4.74 Å². The van der Waals surface area contributed by atoms with Gasteiger partial charge in [-0.15, -0.1) is 0 Å². The molecule has 3 aromatic rings. The van der Waals surface area contributed by atoms with Crippen molar-refractivity contribution < 1.29 is 19.7 Å². The lowest BCUT2D eigenvalue weighted by molar-refractivity contribution is -0.0459. The molecule has 3 unspecified atom stereocenters. The van der Waals surface area contributed by atoms with Crippen molar-refractivity contribution in [2.24, 2.45) is 0 Å². The van der Waals surface area contributed by atoms with Crippen molar-refractivity contribution >= 4 is 22.3 Å². The summed E-state index contributed by atoms with van der Waals surface area (Å²) in [6.45, 7) is -0.316. The van der Waals surface area contributed by atoms with Crippen LogP contribution < -0.4 is 15.7 Å².